The van der Waals surface area contributed by atoms with Crippen molar-refractivity contribution >= 4 is 28.9 Å². The van der Waals surface area contributed by atoms with E-state index in [0.717, 1.165) is 22.6 Å². The number of nitrogens with one attached hydrogen (secondary N) is 3. The number of anilines is 1. The Bertz CT molecular complexity index is 720. The molecule has 1 aromatic carbocycles. The van der Waals surface area contributed by atoms with Gasteiger partial charge in [-0.1, -0.05) is 6.07 Å². The second-order valence-electron chi connectivity index (χ2n) is 5.91. The third kappa shape index (κ3) is 5.36. The summed E-state index contributed by atoms with van der Waals surface area (Å²) in [5, 5.41) is 3.33. The summed E-state index contributed by atoms with van der Waals surface area (Å²) < 4.78 is 5.48. The fourth-order valence-corrected chi connectivity index (χ4v) is 2.45. The molecule has 1 amide bonds. The predicted octanol–water partition coefficient (Wildman–Crippen LogP) is 2.59. The molecule has 2 aromatic rings. The molecule has 3 N–H and O–H groups in total. The van der Waals surface area contributed by atoms with Crippen molar-refractivity contribution in [2.75, 3.05) is 19.4 Å². The predicted molar refractivity (Wildman–Crippen MR) is 98.8 cm³/mol. The lowest BCUT2D eigenvalue weighted by molar-refractivity contribution is 0.0913. The SMILES string of the molecule is Cc1cc(C)cc(NC(=S)NNC(=O)c2ccc(CN(C)C)o2)c1. The van der Waals surface area contributed by atoms with Crippen molar-refractivity contribution < 1.29 is 9.21 Å². The van der Waals surface area contributed by atoms with E-state index in [-0.39, 0.29) is 11.7 Å². The van der Waals surface area contributed by atoms with Crippen LogP contribution in [0.2, 0.25) is 0 Å². The van der Waals surface area contributed by atoms with Gasteiger partial charge < -0.3 is 14.6 Å². The van der Waals surface area contributed by atoms with Crippen LogP contribution in [-0.4, -0.2) is 30.0 Å². The van der Waals surface area contributed by atoms with Crippen LogP contribution >= 0.6 is 12.2 Å². The van der Waals surface area contributed by atoms with Crippen molar-refractivity contribution in [3.8, 4) is 0 Å². The number of amides is 1. The quantitative estimate of drug-likeness (QED) is 0.584. The number of rotatable bonds is 4. The summed E-state index contributed by atoms with van der Waals surface area (Å²) in [5.41, 5.74) is 8.32. The molecule has 0 aliphatic heterocycles. The van der Waals surface area contributed by atoms with Gasteiger partial charge in [0, 0.05) is 5.69 Å². The summed E-state index contributed by atoms with van der Waals surface area (Å²) in [4.78, 5) is 14.0. The zero-order valence-electron chi connectivity index (χ0n) is 14.3. The van der Waals surface area contributed by atoms with E-state index in [1.807, 2.05) is 45.0 Å². The largest absolute Gasteiger partial charge is 0.454 e. The molecule has 7 heteroatoms. The maximum atomic E-state index is 12.0. The maximum absolute atomic E-state index is 12.0. The number of benzene rings is 1. The first kappa shape index (κ1) is 18.0. The van der Waals surface area contributed by atoms with Gasteiger partial charge in [0.25, 0.3) is 0 Å². The molecule has 1 heterocycles. The molecule has 0 unspecified atom stereocenters. The van der Waals surface area contributed by atoms with E-state index in [1.54, 1.807) is 12.1 Å². The van der Waals surface area contributed by atoms with Crippen LogP contribution < -0.4 is 16.2 Å². The van der Waals surface area contributed by atoms with Gasteiger partial charge >= 0.3 is 5.91 Å². The highest BCUT2D eigenvalue weighted by Gasteiger charge is 2.11. The number of hydrogen-bond acceptors (Lipinski definition) is 4. The summed E-state index contributed by atoms with van der Waals surface area (Å²) in [5.74, 6) is 0.569. The minimum Gasteiger partial charge on any atom is -0.454 e. The Morgan fingerprint density at radius 3 is 2.42 bits per heavy atom. The Morgan fingerprint density at radius 1 is 1.12 bits per heavy atom. The van der Waals surface area contributed by atoms with Gasteiger partial charge in [0.1, 0.15) is 5.76 Å². The molecule has 6 nitrogen and oxygen atoms in total. The van der Waals surface area contributed by atoms with Crippen LogP contribution in [0, 0.1) is 13.8 Å². The first-order valence-electron chi connectivity index (χ1n) is 7.52. The van der Waals surface area contributed by atoms with Crippen LogP contribution in [0.15, 0.2) is 34.7 Å². The molecule has 2 rings (SSSR count). The molecule has 0 saturated carbocycles. The first-order valence-corrected chi connectivity index (χ1v) is 7.93. The Hall–Kier alpha value is -2.38. The molecule has 0 spiro atoms. The Morgan fingerprint density at radius 2 is 1.79 bits per heavy atom. The summed E-state index contributed by atoms with van der Waals surface area (Å²) in [7, 11) is 3.86. The second kappa shape index (κ2) is 7.94. The van der Waals surface area contributed by atoms with Gasteiger partial charge in [-0.25, -0.2) is 0 Å². The number of thiocarbonyl (C=S) groups is 1. The highest BCUT2D eigenvalue weighted by Crippen LogP contribution is 2.13. The van der Waals surface area contributed by atoms with E-state index in [2.05, 4.69) is 22.2 Å². The van der Waals surface area contributed by atoms with Crippen LogP contribution in [0.4, 0.5) is 5.69 Å². The molecule has 0 fully saturated rings. The molecular weight excluding hydrogens is 324 g/mol. The van der Waals surface area contributed by atoms with Gasteiger partial charge in [0.15, 0.2) is 10.9 Å². The fraction of sp³-hybridized carbons (Fsp3) is 0.294. The van der Waals surface area contributed by atoms with Crippen molar-refractivity contribution in [2.24, 2.45) is 0 Å². The molecule has 0 aliphatic carbocycles. The highest BCUT2D eigenvalue weighted by molar-refractivity contribution is 7.80. The summed E-state index contributed by atoms with van der Waals surface area (Å²) >= 11 is 5.18. The lowest BCUT2D eigenvalue weighted by Gasteiger charge is -2.12. The zero-order valence-corrected chi connectivity index (χ0v) is 15.1. The molecule has 0 aliphatic rings. The third-order valence-electron chi connectivity index (χ3n) is 3.13. The van der Waals surface area contributed by atoms with Crippen molar-refractivity contribution in [1.29, 1.82) is 0 Å². The normalized spacial score (nSPS) is 10.5. The van der Waals surface area contributed by atoms with Crippen LogP contribution in [0.5, 0.6) is 0 Å². The molecular formula is C17H22N4O2S. The van der Waals surface area contributed by atoms with E-state index in [1.165, 1.54) is 0 Å². The zero-order chi connectivity index (χ0) is 17.7. The van der Waals surface area contributed by atoms with Gasteiger partial charge in [-0.2, -0.15) is 0 Å². The monoisotopic (exact) mass is 346 g/mol. The van der Waals surface area contributed by atoms with Crippen LogP contribution in [0.3, 0.4) is 0 Å². The van der Waals surface area contributed by atoms with Crippen molar-refractivity contribution in [3.05, 3.63) is 53.0 Å². The van der Waals surface area contributed by atoms with Gasteiger partial charge in [-0.05, 0) is 75.6 Å². The number of carbonyl (C=O) groups is 1. The fourth-order valence-electron chi connectivity index (χ4n) is 2.28. The number of nitrogens with zero attached hydrogens (tertiary/aromatic N) is 1. The number of hydrazine groups is 1. The number of aryl methyl sites for hydroxylation is 2. The number of furan rings is 1. The lowest BCUT2D eigenvalue weighted by Crippen LogP contribution is -2.43. The van der Waals surface area contributed by atoms with Crippen molar-refractivity contribution in [1.82, 2.24) is 15.8 Å². The average Bonchev–Trinajstić information content (AvgIpc) is 2.91. The first-order chi connectivity index (χ1) is 11.3. The molecule has 1 aromatic heterocycles. The summed E-state index contributed by atoms with van der Waals surface area (Å²) in [6, 6.07) is 9.44. The Kier molecular flexibility index (Phi) is 5.94. The van der Waals surface area contributed by atoms with E-state index < -0.39 is 0 Å². The van der Waals surface area contributed by atoms with Crippen molar-refractivity contribution in [3.63, 3.8) is 0 Å². The molecule has 0 bridgehead atoms. The highest BCUT2D eigenvalue weighted by atomic mass is 32.1. The summed E-state index contributed by atoms with van der Waals surface area (Å²) in [6.07, 6.45) is 0. The number of carbonyl (C=O) groups excluding carboxylic acids is 1. The van der Waals surface area contributed by atoms with Gasteiger partial charge in [-0.15, -0.1) is 0 Å². The van der Waals surface area contributed by atoms with Crippen LogP contribution in [0.1, 0.15) is 27.4 Å². The smallest absolute Gasteiger partial charge is 0.305 e. The van der Waals surface area contributed by atoms with E-state index >= 15 is 0 Å². The van der Waals surface area contributed by atoms with E-state index in [9.17, 15) is 4.79 Å². The van der Waals surface area contributed by atoms with Crippen molar-refractivity contribution in [2.45, 2.75) is 20.4 Å². The van der Waals surface area contributed by atoms with E-state index in [4.69, 9.17) is 16.6 Å². The van der Waals surface area contributed by atoms with Gasteiger partial charge in [-0.3, -0.25) is 15.6 Å². The molecule has 24 heavy (non-hydrogen) atoms. The second-order valence-corrected chi connectivity index (χ2v) is 6.32. The lowest BCUT2D eigenvalue weighted by atomic mass is 10.1. The third-order valence-corrected chi connectivity index (χ3v) is 3.33. The minimum absolute atomic E-state index is 0.230. The minimum atomic E-state index is -0.385. The topological polar surface area (TPSA) is 69.5 Å². The Labute approximate surface area is 147 Å². The number of hydrogen-bond donors (Lipinski definition) is 3. The molecule has 128 valence electrons. The maximum Gasteiger partial charge on any atom is 0.305 e. The molecule has 0 atom stereocenters. The average molecular weight is 346 g/mol. The van der Waals surface area contributed by atoms with Gasteiger partial charge in [0.05, 0.1) is 6.54 Å². The standard InChI is InChI=1S/C17H22N4O2S/c1-11-7-12(2)9-13(8-11)18-17(24)20-19-16(22)15-6-5-14(23-15)10-21(3)4/h5-9H,10H2,1-4H3,(H,19,22)(H2,18,20,24). The van der Waals surface area contributed by atoms with Gasteiger partial charge in [0.2, 0.25) is 0 Å². The molecule has 0 radical (unpaired) electrons. The molecule has 0 saturated heterocycles. The Balaban J connectivity index is 1.86. The van der Waals surface area contributed by atoms with Crippen LogP contribution in [0.25, 0.3) is 0 Å². The summed E-state index contributed by atoms with van der Waals surface area (Å²) in [6.45, 7) is 4.66. The van der Waals surface area contributed by atoms with Crippen LogP contribution in [-0.2, 0) is 6.54 Å². The van der Waals surface area contributed by atoms with E-state index in [0.29, 0.717) is 11.7 Å².